The molecule has 1 atom stereocenters. The Kier molecular flexibility index (Phi) is 57.8. The topological polar surface area (TPSA) is 78.9 Å². The lowest BCUT2D eigenvalue weighted by Gasteiger charge is -2.18. The SMILES string of the molecule is CC/C=C\C/C=C\C/C=C\C/C=C\CCCCCCC(=O)OC(COC(=O)CCCCCCC/C=C\CCCCCCCCC)COC(=O)CCCCCCCCCCC/C=C\CCCCCCCCCC. The van der Waals surface area contributed by atoms with Crippen molar-refractivity contribution in [3.8, 4) is 0 Å². The van der Waals surface area contributed by atoms with E-state index in [1.807, 2.05) is 0 Å². The van der Waals surface area contributed by atoms with E-state index < -0.39 is 6.10 Å². The number of esters is 3. The molecule has 0 fully saturated rings. The van der Waals surface area contributed by atoms with Crippen LogP contribution in [0.25, 0.3) is 0 Å². The van der Waals surface area contributed by atoms with Gasteiger partial charge >= 0.3 is 17.9 Å². The van der Waals surface area contributed by atoms with Gasteiger partial charge in [0.2, 0.25) is 0 Å². The molecule has 0 aliphatic heterocycles. The van der Waals surface area contributed by atoms with Crippen LogP contribution < -0.4 is 0 Å². The van der Waals surface area contributed by atoms with Crippen LogP contribution in [0, 0.1) is 0 Å². The summed E-state index contributed by atoms with van der Waals surface area (Å²) in [7, 11) is 0. The molecular formula is C66H116O6. The molecule has 0 aromatic carbocycles. The summed E-state index contributed by atoms with van der Waals surface area (Å²) in [6.45, 7) is 6.53. The summed E-state index contributed by atoms with van der Waals surface area (Å²) in [4.78, 5) is 38.3. The van der Waals surface area contributed by atoms with Gasteiger partial charge < -0.3 is 14.2 Å². The van der Waals surface area contributed by atoms with Gasteiger partial charge in [0.15, 0.2) is 6.10 Å². The van der Waals surface area contributed by atoms with E-state index in [1.54, 1.807) is 0 Å². The van der Waals surface area contributed by atoms with Crippen molar-refractivity contribution in [3.63, 3.8) is 0 Å². The normalized spacial score (nSPS) is 12.5. The molecule has 72 heavy (non-hydrogen) atoms. The van der Waals surface area contributed by atoms with Crippen molar-refractivity contribution in [2.45, 2.75) is 316 Å². The molecule has 0 aliphatic carbocycles. The lowest BCUT2D eigenvalue weighted by Crippen LogP contribution is -2.30. The third kappa shape index (κ3) is 57.7. The van der Waals surface area contributed by atoms with Gasteiger partial charge in [-0.2, -0.15) is 0 Å². The zero-order valence-electron chi connectivity index (χ0n) is 47.7. The molecule has 0 saturated heterocycles. The van der Waals surface area contributed by atoms with E-state index in [9.17, 15) is 14.4 Å². The molecule has 6 heteroatoms. The number of carbonyl (C=O) groups excluding carboxylic acids is 3. The highest BCUT2D eigenvalue weighted by Gasteiger charge is 2.19. The molecule has 0 N–H and O–H groups in total. The summed E-state index contributed by atoms with van der Waals surface area (Å²) in [6, 6.07) is 0. The van der Waals surface area contributed by atoms with Crippen LogP contribution in [0.4, 0.5) is 0 Å². The first-order valence-corrected chi connectivity index (χ1v) is 30.9. The van der Waals surface area contributed by atoms with Gasteiger partial charge in [-0.05, 0) is 109 Å². The Hall–Kier alpha value is -3.15. The lowest BCUT2D eigenvalue weighted by atomic mass is 10.1. The summed E-state index contributed by atoms with van der Waals surface area (Å²) in [6.07, 6.45) is 77.6. The van der Waals surface area contributed by atoms with Gasteiger partial charge in [-0.25, -0.2) is 0 Å². The van der Waals surface area contributed by atoms with Gasteiger partial charge in [0.1, 0.15) is 13.2 Å². The van der Waals surface area contributed by atoms with E-state index in [0.717, 1.165) is 103 Å². The number of carbonyl (C=O) groups is 3. The maximum absolute atomic E-state index is 12.9. The van der Waals surface area contributed by atoms with Crippen molar-refractivity contribution in [2.75, 3.05) is 13.2 Å². The lowest BCUT2D eigenvalue weighted by molar-refractivity contribution is -0.167. The van der Waals surface area contributed by atoms with E-state index in [0.29, 0.717) is 19.3 Å². The zero-order chi connectivity index (χ0) is 52.2. The fourth-order valence-electron chi connectivity index (χ4n) is 8.78. The minimum atomic E-state index is -0.793. The van der Waals surface area contributed by atoms with Crippen LogP contribution >= 0.6 is 0 Å². The molecule has 0 rings (SSSR count). The maximum Gasteiger partial charge on any atom is 0.306 e. The number of hydrogen-bond acceptors (Lipinski definition) is 6. The molecule has 6 nitrogen and oxygen atoms in total. The van der Waals surface area contributed by atoms with Gasteiger partial charge in [0, 0.05) is 19.3 Å². The van der Waals surface area contributed by atoms with Crippen molar-refractivity contribution < 1.29 is 28.6 Å². The standard InChI is InChI=1S/C66H116O6/c1-4-7-10-13-16-19-22-25-28-31-32-33-34-36-38-41-44-47-50-53-56-59-65(68)71-62-63(61-70-64(67)58-55-52-49-46-43-40-37-30-27-24-21-18-15-12-9-6-3)72-66(69)60-57-54-51-48-45-42-39-35-29-26-23-20-17-14-11-8-5-2/h8,11,17,20,26,29-32,37,39,42,63H,4-7,9-10,12-16,18-19,21-25,27-28,33-36,38,40-41,43-62H2,1-3H3/b11-8-,20-17-,29-26-,32-31-,37-30-,42-39-. The second kappa shape index (κ2) is 60.4. The summed E-state index contributed by atoms with van der Waals surface area (Å²) < 4.78 is 16.9. The average molecular weight is 1010 g/mol. The molecule has 416 valence electrons. The fourth-order valence-corrected chi connectivity index (χ4v) is 8.78. The molecule has 0 radical (unpaired) electrons. The van der Waals surface area contributed by atoms with Crippen molar-refractivity contribution in [3.05, 3.63) is 72.9 Å². The Labute approximate surface area is 446 Å². The Balaban J connectivity index is 4.40. The van der Waals surface area contributed by atoms with E-state index in [4.69, 9.17) is 14.2 Å². The number of hydrogen-bond donors (Lipinski definition) is 0. The number of ether oxygens (including phenoxy) is 3. The molecule has 0 amide bonds. The Bertz CT molecular complexity index is 1340. The van der Waals surface area contributed by atoms with Crippen molar-refractivity contribution in [1.29, 1.82) is 0 Å². The highest BCUT2D eigenvalue weighted by Crippen LogP contribution is 2.16. The molecule has 0 spiro atoms. The van der Waals surface area contributed by atoms with Crippen LogP contribution in [0.15, 0.2) is 72.9 Å². The second-order valence-electron chi connectivity index (χ2n) is 20.6. The monoisotopic (exact) mass is 1000 g/mol. The largest absolute Gasteiger partial charge is 0.462 e. The van der Waals surface area contributed by atoms with Crippen LogP contribution in [0.5, 0.6) is 0 Å². The first-order chi connectivity index (χ1) is 35.5. The number of allylic oxidation sites excluding steroid dienone is 12. The fraction of sp³-hybridized carbons (Fsp3) is 0.773. The average Bonchev–Trinajstić information content (AvgIpc) is 3.38. The Morgan fingerprint density at radius 3 is 0.861 bits per heavy atom. The predicted octanol–water partition coefficient (Wildman–Crippen LogP) is 20.9. The smallest absolute Gasteiger partial charge is 0.306 e. The number of rotatable bonds is 56. The third-order valence-electron chi connectivity index (χ3n) is 13.4. The van der Waals surface area contributed by atoms with Crippen molar-refractivity contribution in [2.24, 2.45) is 0 Å². The molecule has 1 unspecified atom stereocenters. The highest BCUT2D eigenvalue weighted by molar-refractivity contribution is 5.71. The first-order valence-electron chi connectivity index (χ1n) is 30.9. The zero-order valence-corrected chi connectivity index (χ0v) is 47.7. The van der Waals surface area contributed by atoms with E-state index in [2.05, 4.69) is 93.7 Å². The summed E-state index contributed by atoms with van der Waals surface area (Å²) in [5.74, 6) is -0.910. The molecule has 0 heterocycles. The number of unbranched alkanes of at least 4 members (excludes halogenated alkanes) is 33. The van der Waals surface area contributed by atoms with Crippen molar-refractivity contribution >= 4 is 17.9 Å². The Morgan fingerprint density at radius 1 is 0.292 bits per heavy atom. The van der Waals surface area contributed by atoms with Gasteiger partial charge in [-0.3, -0.25) is 14.4 Å². The molecule has 0 bridgehead atoms. The van der Waals surface area contributed by atoms with Gasteiger partial charge in [-0.15, -0.1) is 0 Å². The van der Waals surface area contributed by atoms with Crippen LogP contribution in [0.3, 0.4) is 0 Å². The van der Waals surface area contributed by atoms with E-state index >= 15 is 0 Å². The quantitative estimate of drug-likeness (QED) is 0.0261. The second-order valence-corrected chi connectivity index (χ2v) is 20.6. The minimum Gasteiger partial charge on any atom is -0.462 e. The van der Waals surface area contributed by atoms with Crippen LogP contribution in [0.1, 0.15) is 310 Å². The highest BCUT2D eigenvalue weighted by atomic mass is 16.6. The molecule has 0 saturated carbocycles. The minimum absolute atomic E-state index is 0.0880. The van der Waals surface area contributed by atoms with E-state index in [-0.39, 0.29) is 31.1 Å². The molecular weight excluding hydrogens is 889 g/mol. The van der Waals surface area contributed by atoms with Crippen molar-refractivity contribution in [1.82, 2.24) is 0 Å². The van der Waals surface area contributed by atoms with Gasteiger partial charge in [0.25, 0.3) is 0 Å². The van der Waals surface area contributed by atoms with E-state index in [1.165, 1.54) is 167 Å². The summed E-state index contributed by atoms with van der Waals surface area (Å²) >= 11 is 0. The van der Waals surface area contributed by atoms with Gasteiger partial charge in [-0.1, -0.05) is 254 Å². The molecule has 0 aromatic rings. The van der Waals surface area contributed by atoms with Gasteiger partial charge in [0.05, 0.1) is 0 Å². The first kappa shape index (κ1) is 68.8. The summed E-state index contributed by atoms with van der Waals surface area (Å²) in [5, 5.41) is 0. The van der Waals surface area contributed by atoms with Crippen LogP contribution in [0.2, 0.25) is 0 Å². The van der Waals surface area contributed by atoms with Crippen LogP contribution in [-0.2, 0) is 28.6 Å². The Morgan fingerprint density at radius 2 is 0.542 bits per heavy atom. The van der Waals surface area contributed by atoms with Crippen LogP contribution in [-0.4, -0.2) is 37.2 Å². The molecule has 0 aliphatic rings. The predicted molar refractivity (Wildman–Crippen MR) is 311 cm³/mol. The molecule has 0 aromatic heterocycles. The maximum atomic E-state index is 12.9. The summed E-state index contributed by atoms with van der Waals surface area (Å²) in [5.41, 5.74) is 0. The third-order valence-corrected chi connectivity index (χ3v) is 13.4.